The Kier molecular flexibility index (Phi) is 7.60. The molecular weight excluding hydrogens is 452 g/mol. The summed E-state index contributed by atoms with van der Waals surface area (Å²) in [7, 11) is -4.00. The topological polar surface area (TPSA) is 120 Å². The first-order chi connectivity index (χ1) is 13.9. The second-order valence-electron chi connectivity index (χ2n) is 6.21. The van der Waals surface area contributed by atoms with E-state index in [1.165, 1.54) is 29.0 Å². The van der Waals surface area contributed by atoms with Gasteiger partial charge >= 0.3 is 12.1 Å². The molecule has 0 spiro atoms. The number of thiazole rings is 1. The van der Waals surface area contributed by atoms with Crippen molar-refractivity contribution in [2.24, 2.45) is 0 Å². The molecule has 1 saturated heterocycles. The maximum absolute atomic E-state index is 14.3. The first kappa shape index (κ1) is 23.8. The number of sulfonamides is 1. The van der Waals surface area contributed by atoms with Crippen LogP contribution in [0.4, 0.5) is 29.1 Å². The molecule has 1 aliphatic heterocycles. The third-order valence-corrected chi connectivity index (χ3v) is 5.86. The minimum Gasteiger partial charge on any atom is -0.475 e. The summed E-state index contributed by atoms with van der Waals surface area (Å²) in [6, 6.07) is 2.81. The SMILES string of the molecule is Cc1cc(S(=O)(=O)Nc2cscn2)c(F)cc1NC1CCNC1.O=C(O)C(F)(F)F. The van der Waals surface area contributed by atoms with Crippen molar-refractivity contribution in [1.29, 1.82) is 0 Å². The summed E-state index contributed by atoms with van der Waals surface area (Å²) < 4.78 is 73.0. The number of anilines is 2. The normalized spacial score (nSPS) is 16.5. The van der Waals surface area contributed by atoms with Crippen molar-refractivity contribution in [2.75, 3.05) is 23.1 Å². The predicted molar refractivity (Wildman–Crippen MR) is 103 cm³/mol. The van der Waals surface area contributed by atoms with Crippen molar-refractivity contribution in [3.63, 3.8) is 0 Å². The largest absolute Gasteiger partial charge is 0.490 e. The molecule has 0 amide bonds. The Balaban J connectivity index is 0.000000396. The average molecular weight is 470 g/mol. The van der Waals surface area contributed by atoms with Crippen LogP contribution in [0.3, 0.4) is 0 Å². The van der Waals surface area contributed by atoms with E-state index >= 15 is 0 Å². The molecule has 2 heterocycles. The standard InChI is InChI=1S/C14H17FN4O2S2.C2HF3O2/c1-9-4-13(23(20,21)19-14-7-22-8-17-14)11(15)5-12(9)18-10-2-3-16-6-10;3-2(4,5)1(6)7/h4-5,7-8,10,16,18-19H,2-3,6H2,1H3;(H,6,7). The zero-order chi connectivity index (χ0) is 22.5. The number of carboxylic acid groups (broad SMARTS) is 1. The number of aliphatic carboxylic acids is 1. The molecule has 2 aromatic rings. The molecular formula is C16H18F4N4O4S2. The van der Waals surface area contributed by atoms with Crippen molar-refractivity contribution in [3.05, 3.63) is 34.4 Å². The number of alkyl halides is 3. The first-order valence-corrected chi connectivity index (χ1v) is 10.8. The summed E-state index contributed by atoms with van der Waals surface area (Å²) in [6.07, 6.45) is -4.13. The van der Waals surface area contributed by atoms with E-state index in [0.29, 0.717) is 11.3 Å². The van der Waals surface area contributed by atoms with Gasteiger partial charge in [-0.05, 0) is 37.6 Å². The van der Waals surface area contributed by atoms with E-state index in [0.717, 1.165) is 19.5 Å². The van der Waals surface area contributed by atoms with Gasteiger partial charge in [-0.3, -0.25) is 4.72 Å². The van der Waals surface area contributed by atoms with Crippen molar-refractivity contribution < 1.29 is 35.9 Å². The van der Waals surface area contributed by atoms with Crippen LogP contribution in [-0.4, -0.2) is 49.8 Å². The van der Waals surface area contributed by atoms with Crippen LogP contribution in [0.2, 0.25) is 0 Å². The molecule has 166 valence electrons. The second-order valence-corrected chi connectivity index (χ2v) is 8.58. The number of rotatable bonds is 5. The Bertz CT molecular complexity index is 976. The monoisotopic (exact) mass is 470 g/mol. The van der Waals surface area contributed by atoms with Gasteiger partial charge in [-0.1, -0.05) is 0 Å². The molecule has 1 aliphatic rings. The van der Waals surface area contributed by atoms with Crippen molar-refractivity contribution in [2.45, 2.75) is 30.5 Å². The van der Waals surface area contributed by atoms with Crippen LogP contribution in [0.15, 0.2) is 27.9 Å². The highest BCUT2D eigenvalue weighted by Crippen LogP contribution is 2.26. The molecule has 1 aromatic carbocycles. The lowest BCUT2D eigenvalue weighted by Gasteiger charge is -2.17. The molecule has 0 aliphatic carbocycles. The van der Waals surface area contributed by atoms with E-state index in [9.17, 15) is 26.0 Å². The van der Waals surface area contributed by atoms with Gasteiger partial charge in [0.05, 0.1) is 5.51 Å². The third kappa shape index (κ3) is 6.53. The van der Waals surface area contributed by atoms with E-state index < -0.39 is 28.0 Å². The Hall–Kier alpha value is -2.45. The Labute approximate surface area is 173 Å². The van der Waals surface area contributed by atoms with Crippen LogP contribution in [0.5, 0.6) is 0 Å². The van der Waals surface area contributed by atoms with E-state index in [1.807, 2.05) is 0 Å². The Morgan fingerprint density at radius 1 is 1.37 bits per heavy atom. The molecule has 3 rings (SSSR count). The number of carboxylic acids is 1. The molecule has 0 bridgehead atoms. The van der Waals surface area contributed by atoms with Gasteiger partial charge in [-0.2, -0.15) is 13.2 Å². The first-order valence-electron chi connectivity index (χ1n) is 8.38. The van der Waals surface area contributed by atoms with Crippen LogP contribution in [-0.2, 0) is 14.8 Å². The summed E-state index contributed by atoms with van der Waals surface area (Å²) in [6.45, 7) is 3.49. The summed E-state index contributed by atoms with van der Waals surface area (Å²) in [5.74, 6) is -3.36. The highest BCUT2D eigenvalue weighted by Gasteiger charge is 2.38. The van der Waals surface area contributed by atoms with Gasteiger partial charge in [0.25, 0.3) is 10.0 Å². The Morgan fingerprint density at radius 2 is 2.03 bits per heavy atom. The molecule has 0 saturated carbocycles. The number of nitrogens with zero attached hydrogens (tertiary/aromatic N) is 1. The second kappa shape index (κ2) is 9.57. The lowest BCUT2D eigenvalue weighted by Crippen LogP contribution is -2.23. The summed E-state index contributed by atoms with van der Waals surface area (Å²) in [5, 5.41) is 15.1. The van der Waals surface area contributed by atoms with Gasteiger partial charge in [0.15, 0.2) is 5.82 Å². The van der Waals surface area contributed by atoms with Gasteiger partial charge in [-0.15, -0.1) is 11.3 Å². The summed E-state index contributed by atoms with van der Waals surface area (Å²) >= 11 is 1.26. The van der Waals surface area contributed by atoms with Crippen LogP contribution >= 0.6 is 11.3 Å². The number of carbonyl (C=O) groups is 1. The molecule has 30 heavy (non-hydrogen) atoms. The highest BCUT2D eigenvalue weighted by atomic mass is 32.2. The fourth-order valence-electron chi connectivity index (χ4n) is 2.47. The van der Waals surface area contributed by atoms with Crippen LogP contribution in [0.25, 0.3) is 0 Å². The van der Waals surface area contributed by atoms with E-state index in [1.54, 1.807) is 12.3 Å². The van der Waals surface area contributed by atoms with Crippen LogP contribution in [0.1, 0.15) is 12.0 Å². The van der Waals surface area contributed by atoms with Crippen LogP contribution in [0, 0.1) is 12.7 Å². The molecule has 1 fully saturated rings. The van der Waals surface area contributed by atoms with E-state index in [2.05, 4.69) is 20.3 Å². The average Bonchev–Trinajstić information content (AvgIpc) is 3.31. The van der Waals surface area contributed by atoms with Crippen LogP contribution < -0.4 is 15.4 Å². The fraction of sp³-hybridized carbons (Fsp3) is 0.375. The lowest BCUT2D eigenvalue weighted by atomic mass is 10.1. The molecule has 1 aromatic heterocycles. The van der Waals surface area contributed by atoms with Crippen molar-refractivity contribution >= 4 is 38.8 Å². The number of halogens is 4. The zero-order valence-electron chi connectivity index (χ0n) is 15.5. The minimum atomic E-state index is -5.08. The van der Waals surface area contributed by atoms with Gasteiger partial charge in [0, 0.05) is 23.7 Å². The quantitative estimate of drug-likeness (QED) is 0.496. The van der Waals surface area contributed by atoms with E-state index in [-0.39, 0.29) is 16.8 Å². The fourth-order valence-corrected chi connectivity index (χ4v) is 4.17. The highest BCUT2D eigenvalue weighted by molar-refractivity contribution is 7.92. The maximum atomic E-state index is 14.3. The van der Waals surface area contributed by atoms with Crippen molar-refractivity contribution in [3.8, 4) is 0 Å². The van der Waals surface area contributed by atoms with Gasteiger partial charge < -0.3 is 15.7 Å². The minimum absolute atomic E-state index is 0.186. The number of aromatic nitrogens is 1. The smallest absolute Gasteiger partial charge is 0.475 e. The number of nitrogens with one attached hydrogen (secondary N) is 3. The number of aryl methyl sites for hydroxylation is 1. The molecule has 8 nitrogen and oxygen atoms in total. The molecule has 0 radical (unpaired) electrons. The maximum Gasteiger partial charge on any atom is 0.490 e. The molecule has 1 unspecified atom stereocenters. The zero-order valence-corrected chi connectivity index (χ0v) is 17.1. The van der Waals surface area contributed by atoms with Gasteiger partial charge in [0.1, 0.15) is 10.7 Å². The van der Waals surface area contributed by atoms with Crippen molar-refractivity contribution in [1.82, 2.24) is 10.3 Å². The van der Waals surface area contributed by atoms with Gasteiger partial charge in [-0.25, -0.2) is 22.6 Å². The number of hydrogen-bond acceptors (Lipinski definition) is 7. The lowest BCUT2D eigenvalue weighted by molar-refractivity contribution is -0.192. The van der Waals surface area contributed by atoms with Gasteiger partial charge in [0.2, 0.25) is 0 Å². The Morgan fingerprint density at radius 3 is 2.53 bits per heavy atom. The summed E-state index contributed by atoms with van der Waals surface area (Å²) in [4.78, 5) is 12.4. The summed E-state index contributed by atoms with van der Waals surface area (Å²) in [5.41, 5.74) is 2.79. The molecule has 14 heteroatoms. The molecule has 4 N–H and O–H groups in total. The number of hydrogen-bond donors (Lipinski definition) is 4. The van der Waals surface area contributed by atoms with E-state index in [4.69, 9.17) is 9.90 Å². The predicted octanol–water partition coefficient (Wildman–Crippen LogP) is 2.80. The third-order valence-electron chi connectivity index (χ3n) is 3.90. The molecule has 1 atom stereocenters. The number of benzene rings is 1.